The fourth-order valence-corrected chi connectivity index (χ4v) is 2.66. The summed E-state index contributed by atoms with van der Waals surface area (Å²) in [5.41, 5.74) is 1.62. The van der Waals surface area contributed by atoms with Crippen molar-refractivity contribution in [2.75, 3.05) is 13.7 Å². The van der Waals surface area contributed by atoms with Crippen LogP contribution in [0.2, 0.25) is 0 Å². The summed E-state index contributed by atoms with van der Waals surface area (Å²) >= 11 is 0. The zero-order valence-electron chi connectivity index (χ0n) is 14.5. The summed E-state index contributed by atoms with van der Waals surface area (Å²) in [5, 5.41) is 38.5. The van der Waals surface area contributed by atoms with Crippen molar-refractivity contribution in [3.63, 3.8) is 0 Å². The Balaban J connectivity index is 2.35. The summed E-state index contributed by atoms with van der Waals surface area (Å²) in [7, 11) is -2.81. The maximum atomic E-state index is 11.9. The molecule has 0 saturated heterocycles. The molecule has 0 saturated carbocycles. The molecule has 0 aliphatic heterocycles. The number of aryl methyl sites for hydroxylation is 1. The molecule has 0 amide bonds. The Morgan fingerprint density at radius 3 is 2.38 bits per heavy atom. The highest BCUT2D eigenvalue weighted by molar-refractivity contribution is 6.65. The molecule has 0 bridgehead atoms. The Bertz CT molecular complexity index is 778. The van der Waals surface area contributed by atoms with Crippen molar-refractivity contribution >= 4 is 31.1 Å². The number of esters is 1. The minimum absolute atomic E-state index is 0.0787. The van der Waals surface area contributed by atoms with E-state index in [1.165, 1.54) is 12.1 Å². The fourth-order valence-electron chi connectivity index (χ4n) is 2.66. The van der Waals surface area contributed by atoms with Gasteiger partial charge in [0.25, 0.3) is 0 Å². The van der Waals surface area contributed by atoms with Crippen LogP contribution in [0.5, 0.6) is 5.75 Å². The van der Waals surface area contributed by atoms with Crippen LogP contribution in [0.4, 0.5) is 0 Å². The predicted molar refractivity (Wildman–Crippen MR) is 97.8 cm³/mol. The first-order valence-corrected chi connectivity index (χ1v) is 8.01. The van der Waals surface area contributed by atoms with Gasteiger partial charge in [0.05, 0.1) is 19.3 Å². The predicted octanol–water partition coefficient (Wildman–Crippen LogP) is -1.24. The van der Waals surface area contributed by atoms with E-state index in [1.807, 2.05) is 31.2 Å². The first-order valence-electron chi connectivity index (χ1n) is 8.01. The van der Waals surface area contributed by atoms with E-state index in [0.717, 1.165) is 18.2 Å². The third-order valence-corrected chi connectivity index (χ3v) is 3.89. The minimum Gasteiger partial charge on any atom is -0.494 e. The van der Waals surface area contributed by atoms with Crippen LogP contribution in [-0.2, 0) is 11.2 Å². The van der Waals surface area contributed by atoms with Crippen molar-refractivity contribution in [1.82, 2.24) is 0 Å². The summed E-state index contributed by atoms with van der Waals surface area (Å²) in [6.45, 7) is 2.10. The second-order valence-electron chi connectivity index (χ2n) is 5.77. The van der Waals surface area contributed by atoms with Crippen molar-refractivity contribution < 1.29 is 34.4 Å². The molecule has 0 unspecified atom stereocenters. The average molecular weight is 358 g/mol. The van der Waals surface area contributed by atoms with Gasteiger partial charge in [0.1, 0.15) is 5.75 Å². The van der Waals surface area contributed by atoms with Gasteiger partial charge in [-0.25, -0.2) is 4.79 Å². The molecule has 0 atom stereocenters. The van der Waals surface area contributed by atoms with E-state index < -0.39 is 20.2 Å². The van der Waals surface area contributed by atoms with E-state index in [4.69, 9.17) is 4.74 Å². The lowest BCUT2D eigenvalue weighted by molar-refractivity contribution is 0.0601. The first-order chi connectivity index (χ1) is 12.3. The maximum Gasteiger partial charge on any atom is 0.493 e. The molecule has 4 N–H and O–H groups in total. The van der Waals surface area contributed by atoms with E-state index in [-0.39, 0.29) is 28.8 Å². The summed E-state index contributed by atoms with van der Waals surface area (Å²) in [6, 6.07) is 10.3. The fraction of sp³-hybridized carbons (Fsp3) is 0.235. The quantitative estimate of drug-likeness (QED) is 0.362. The van der Waals surface area contributed by atoms with Crippen LogP contribution in [0, 0.1) is 6.92 Å². The second kappa shape index (κ2) is 8.86. The molecule has 0 fully saturated rings. The highest BCUT2D eigenvalue weighted by Gasteiger charge is 2.31. The monoisotopic (exact) mass is 358 g/mol. The molecule has 136 valence electrons. The zero-order valence-corrected chi connectivity index (χ0v) is 14.5. The Morgan fingerprint density at radius 1 is 1.08 bits per heavy atom. The molecular weight excluding hydrogens is 338 g/mol. The van der Waals surface area contributed by atoms with Crippen molar-refractivity contribution in [3.8, 4) is 5.75 Å². The van der Waals surface area contributed by atoms with Crippen molar-refractivity contribution in [2.24, 2.45) is 0 Å². The molecule has 0 radical (unpaired) electrons. The van der Waals surface area contributed by atoms with Crippen LogP contribution in [-0.4, -0.2) is 54.0 Å². The van der Waals surface area contributed by atoms with Gasteiger partial charge in [0, 0.05) is 17.3 Å². The number of benzene rings is 2. The lowest BCUT2D eigenvalue weighted by atomic mass is 9.69. The number of ether oxygens (including phenoxy) is 2. The average Bonchev–Trinajstić information content (AvgIpc) is 2.60. The van der Waals surface area contributed by atoms with Crippen LogP contribution < -0.4 is 15.7 Å². The van der Waals surface area contributed by atoms with Gasteiger partial charge < -0.3 is 29.6 Å². The summed E-state index contributed by atoms with van der Waals surface area (Å²) < 4.78 is 10.2. The van der Waals surface area contributed by atoms with Gasteiger partial charge in [-0.15, -0.1) is 0 Å². The van der Waals surface area contributed by atoms with Crippen LogP contribution in [0.3, 0.4) is 0 Å². The van der Waals surface area contributed by atoms with Crippen LogP contribution in [0.1, 0.15) is 21.5 Å². The van der Waals surface area contributed by atoms with Gasteiger partial charge in [-0.05, 0) is 18.6 Å². The third-order valence-electron chi connectivity index (χ3n) is 3.89. The molecule has 0 spiro atoms. The van der Waals surface area contributed by atoms with Crippen LogP contribution in [0.25, 0.3) is 0 Å². The van der Waals surface area contributed by atoms with E-state index in [0.29, 0.717) is 6.42 Å². The van der Waals surface area contributed by atoms with Crippen molar-refractivity contribution in [2.45, 2.75) is 13.3 Å². The lowest BCUT2D eigenvalue weighted by Crippen LogP contribution is -2.43. The Kier molecular flexibility index (Phi) is 6.82. The van der Waals surface area contributed by atoms with Gasteiger partial charge in [0.15, 0.2) is 0 Å². The molecule has 7 nitrogen and oxygen atoms in total. The van der Waals surface area contributed by atoms with Gasteiger partial charge in [-0.1, -0.05) is 35.9 Å². The van der Waals surface area contributed by atoms with Gasteiger partial charge in [-0.3, -0.25) is 0 Å². The molecule has 2 rings (SSSR count). The molecular formula is C17H20B2O7. The summed E-state index contributed by atoms with van der Waals surface area (Å²) in [4.78, 5) is 11.9. The molecule has 0 aliphatic carbocycles. The van der Waals surface area contributed by atoms with Gasteiger partial charge in [-0.2, -0.15) is 0 Å². The number of hydrogen-bond donors (Lipinski definition) is 4. The Hall–Kier alpha value is -2.32. The van der Waals surface area contributed by atoms with Crippen molar-refractivity contribution in [1.29, 1.82) is 0 Å². The number of carbonyl (C=O) groups excluding carboxylic acids is 1. The van der Waals surface area contributed by atoms with Crippen LogP contribution >= 0.6 is 0 Å². The molecule has 26 heavy (non-hydrogen) atoms. The SMILES string of the molecule is COC(=O)c1ccc(B(O)O)c(OCCc2cccc(C)c2)c1B(O)O. The van der Waals surface area contributed by atoms with Crippen molar-refractivity contribution in [3.05, 3.63) is 53.1 Å². The molecule has 9 heteroatoms. The topological polar surface area (TPSA) is 116 Å². The molecule has 2 aromatic carbocycles. The standard InChI is InChI=1S/C17H20B2O7/c1-11-4-3-5-12(10-11)8-9-26-16-14(18(21)22)7-6-13(17(20)25-2)15(16)19(23)24/h3-7,10,21-24H,8-9H2,1-2H3. The second-order valence-corrected chi connectivity index (χ2v) is 5.77. The highest BCUT2D eigenvalue weighted by atomic mass is 16.5. The molecule has 0 aliphatic rings. The van der Waals surface area contributed by atoms with E-state index in [9.17, 15) is 24.9 Å². The number of rotatable bonds is 7. The molecule has 0 aromatic heterocycles. The number of hydrogen-bond acceptors (Lipinski definition) is 7. The largest absolute Gasteiger partial charge is 0.494 e. The minimum atomic E-state index is -2.06. The molecule has 2 aromatic rings. The van der Waals surface area contributed by atoms with Gasteiger partial charge >= 0.3 is 20.2 Å². The number of methoxy groups -OCH3 is 1. The van der Waals surface area contributed by atoms with Gasteiger partial charge in [0.2, 0.25) is 0 Å². The van der Waals surface area contributed by atoms with E-state index in [2.05, 4.69) is 4.74 Å². The zero-order chi connectivity index (χ0) is 19.3. The smallest absolute Gasteiger partial charge is 0.493 e. The summed E-state index contributed by atoms with van der Waals surface area (Å²) in [5.74, 6) is -0.957. The third kappa shape index (κ3) is 4.64. The highest BCUT2D eigenvalue weighted by Crippen LogP contribution is 2.13. The Labute approximate surface area is 152 Å². The van der Waals surface area contributed by atoms with E-state index in [1.54, 1.807) is 0 Å². The van der Waals surface area contributed by atoms with Crippen LogP contribution in [0.15, 0.2) is 36.4 Å². The normalized spacial score (nSPS) is 10.4. The Morgan fingerprint density at radius 2 is 1.81 bits per heavy atom. The summed E-state index contributed by atoms with van der Waals surface area (Å²) in [6.07, 6.45) is 0.506. The van der Waals surface area contributed by atoms with E-state index >= 15 is 0 Å². The molecule has 0 heterocycles. The number of carbonyl (C=O) groups is 1. The first kappa shape index (κ1) is 20.0. The maximum absolute atomic E-state index is 11.9. The lowest BCUT2D eigenvalue weighted by Gasteiger charge is -2.18.